The van der Waals surface area contributed by atoms with Crippen molar-refractivity contribution in [3.63, 3.8) is 0 Å². The van der Waals surface area contributed by atoms with Crippen molar-refractivity contribution in [1.82, 2.24) is 0 Å². The number of halogens is 3. The minimum atomic E-state index is -1.39. The van der Waals surface area contributed by atoms with Gasteiger partial charge in [0, 0.05) is 0 Å². The monoisotopic (exact) mass is 200 g/mol. The number of unbranched alkanes of at least 4 members (excludes halogenated alkanes) is 3. The van der Waals surface area contributed by atoms with E-state index in [1.54, 1.807) is 0 Å². The van der Waals surface area contributed by atoms with E-state index in [-0.39, 0.29) is 0 Å². The molecule has 0 amide bonds. The first-order valence-corrected chi connectivity index (χ1v) is 4.98. The van der Waals surface area contributed by atoms with Gasteiger partial charge in [0.1, 0.15) is 0 Å². The molecule has 2 unspecified atom stereocenters. The summed E-state index contributed by atoms with van der Waals surface area (Å²) in [6, 6.07) is 0. The average molecular weight is 201 g/mol. The Morgan fingerprint density at radius 1 is 1.18 bits per heavy atom. The Morgan fingerprint density at radius 3 is 2.27 bits per heavy atom. The summed E-state index contributed by atoms with van der Waals surface area (Å²) < 4.78 is 12.2. The first-order valence-electron chi connectivity index (χ1n) is 4.10. The fourth-order valence-electron chi connectivity index (χ4n) is 0.892. The highest BCUT2D eigenvalue weighted by atomic mass is 35.5. The van der Waals surface area contributed by atoms with Crippen LogP contribution in [0.3, 0.4) is 0 Å². The predicted molar refractivity (Wildman–Crippen MR) is 49.1 cm³/mol. The first kappa shape index (κ1) is 11.5. The van der Waals surface area contributed by atoms with Crippen LogP contribution in [0.2, 0.25) is 0 Å². The summed E-state index contributed by atoms with van der Waals surface area (Å²) in [5.74, 6) is 0. The molecule has 0 aromatic carbocycles. The lowest BCUT2D eigenvalue weighted by Gasteiger charge is -2.07. The molecule has 0 rings (SSSR count). The molecule has 68 valence electrons. The third-order valence-electron chi connectivity index (χ3n) is 1.61. The highest BCUT2D eigenvalue weighted by molar-refractivity contribution is 6.29. The topological polar surface area (TPSA) is 0 Å². The summed E-state index contributed by atoms with van der Waals surface area (Å²) >= 11 is 10.7. The van der Waals surface area contributed by atoms with Crippen LogP contribution in [-0.2, 0) is 0 Å². The van der Waals surface area contributed by atoms with Crippen molar-refractivity contribution >= 4 is 23.2 Å². The number of alkyl halides is 3. The highest BCUT2D eigenvalue weighted by Crippen LogP contribution is 2.18. The second-order valence-electron chi connectivity index (χ2n) is 2.70. The van der Waals surface area contributed by atoms with Crippen molar-refractivity contribution in [3.8, 4) is 0 Å². The molecule has 0 saturated heterocycles. The summed E-state index contributed by atoms with van der Waals surface area (Å²) in [6.07, 6.45) is 5.18. The standard InChI is InChI=1S/C8H15Cl2F/c1-2-3-4-5-6-7(9)8(10)11/h7-8H,2-6H2,1H3. The second kappa shape index (κ2) is 7.17. The number of hydrogen-bond donors (Lipinski definition) is 0. The molecule has 0 saturated carbocycles. The third kappa shape index (κ3) is 6.89. The van der Waals surface area contributed by atoms with Gasteiger partial charge in [-0.15, -0.1) is 11.6 Å². The molecular weight excluding hydrogens is 186 g/mol. The Morgan fingerprint density at radius 2 is 1.82 bits per heavy atom. The van der Waals surface area contributed by atoms with E-state index in [1.807, 2.05) is 0 Å². The van der Waals surface area contributed by atoms with Gasteiger partial charge in [0.25, 0.3) is 0 Å². The van der Waals surface area contributed by atoms with Crippen molar-refractivity contribution in [2.24, 2.45) is 0 Å². The zero-order valence-corrected chi connectivity index (χ0v) is 8.34. The molecule has 0 aromatic heterocycles. The van der Waals surface area contributed by atoms with Gasteiger partial charge in [0.15, 0.2) is 5.63 Å². The van der Waals surface area contributed by atoms with Crippen LogP contribution in [0.25, 0.3) is 0 Å². The molecule has 0 aliphatic rings. The van der Waals surface area contributed by atoms with E-state index >= 15 is 0 Å². The fourth-order valence-corrected chi connectivity index (χ4v) is 1.17. The SMILES string of the molecule is CCCCCCC(Cl)C(F)Cl. The summed E-state index contributed by atoms with van der Waals surface area (Å²) in [5.41, 5.74) is -1.39. The summed E-state index contributed by atoms with van der Waals surface area (Å²) in [5, 5.41) is -0.506. The molecule has 3 heteroatoms. The molecule has 0 aliphatic carbocycles. The molecule has 0 aromatic rings. The van der Waals surface area contributed by atoms with Gasteiger partial charge in [-0.3, -0.25) is 0 Å². The first-order chi connectivity index (χ1) is 5.18. The average Bonchev–Trinajstić information content (AvgIpc) is 1.97. The van der Waals surface area contributed by atoms with Crippen LogP contribution >= 0.6 is 23.2 Å². The van der Waals surface area contributed by atoms with E-state index in [1.165, 1.54) is 12.8 Å². The fraction of sp³-hybridized carbons (Fsp3) is 1.00. The van der Waals surface area contributed by atoms with Gasteiger partial charge in [0.05, 0.1) is 5.38 Å². The van der Waals surface area contributed by atoms with Gasteiger partial charge in [-0.05, 0) is 6.42 Å². The van der Waals surface area contributed by atoms with Gasteiger partial charge >= 0.3 is 0 Å². The van der Waals surface area contributed by atoms with Gasteiger partial charge in [-0.2, -0.15) is 0 Å². The van der Waals surface area contributed by atoms with Crippen LogP contribution in [0.4, 0.5) is 4.39 Å². The summed E-state index contributed by atoms with van der Waals surface area (Å²) in [4.78, 5) is 0. The van der Waals surface area contributed by atoms with Crippen molar-refractivity contribution < 1.29 is 4.39 Å². The zero-order valence-electron chi connectivity index (χ0n) is 6.82. The number of hydrogen-bond acceptors (Lipinski definition) is 0. The summed E-state index contributed by atoms with van der Waals surface area (Å²) in [7, 11) is 0. The number of rotatable bonds is 6. The molecule has 0 spiro atoms. The second-order valence-corrected chi connectivity index (χ2v) is 3.68. The molecule has 2 atom stereocenters. The van der Waals surface area contributed by atoms with Gasteiger partial charge in [-0.25, -0.2) is 4.39 Å². The van der Waals surface area contributed by atoms with Crippen LogP contribution in [-0.4, -0.2) is 11.0 Å². The van der Waals surface area contributed by atoms with Gasteiger partial charge in [-0.1, -0.05) is 44.2 Å². The van der Waals surface area contributed by atoms with Crippen LogP contribution in [0.5, 0.6) is 0 Å². The molecule has 0 nitrogen and oxygen atoms in total. The summed E-state index contributed by atoms with van der Waals surface area (Å²) in [6.45, 7) is 2.14. The molecule has 0 heterocycles. The molecule has 11 heavy (non-hydrogen) atoms. The maximum atomic E-state index is 12.2. The van der Waals surface area contributed by atoms with Crippen molar-refractivity contribution in [3.05, 3.63) is 0 Å². The lowest BCUT2D eigenvalue weighted by molar-refractivity contribution is 0.409. The van der Waals surface area contributed by atoms with E-state index in [4.69, 9.17) is 23.2 Å². The normalized spacial score (nSPS) is 16.4. The maximum Gasteiger partial charge on any atom is 0.189 e. The lowest BCUT2D eigenvalue weighted by Crippen LogP contribution is -2.08. The van der Waals surface area contributed by atoms with E-state index in [9.17, 15) is 4.39 Å². The van der Waals surface area contributed by atoms with Crippen LogP contribution < -0.4 is 0 Å². The molecule has 0 radical (unpaired) electrons. The Hall–Kier alpha value is 0.510. The Labute approximate surface area is 78.1 Å². The van der Waals surface area contributed by atoms with Crippen molar-refractivity contribution in [2.45, 2.75) is 50.0 Å². The van der Waals surface area contributed by atoms with Gasteiger partial charge in [0.2, 0.25) is 0 Å². The quantitative estimate of drug-likeness (QED) is 0.448. The van der Waals surface area contributed by atoms with Gasteiger partial charge < -0.3 is 0 Å². The predicted octanol–water partition coefficient (Wildman–Crippen LogP) is 4.10. The van der Waals surface area contributed by atoms with Crippen molar-refractivity contribution in [2.75, 3.05) is 0 Å². The molecule has 0 fully saturated rings. The van der Waals surface area contributed by atoms with Crippen LogP contribution in [0.1, 0.15) is 39.0 Å². The van der Waals surface area contributed by atoms with E-state index in [0.29, 0.717) is 6.42 Å². The van der Waals surface area contributed by atoms with Crippen LogP contribution in [0.15, 0.2) is 0 Å². The molecule has 0 bridgehead atoms. The molecular formula is C8H15Cl2F. The minimum absolute atomic E-state index is 0.506. The van der Waals surface area contributed by atoms with Crippen molar-refractivity contribution in [1.29, 1.82) is 0 Å². The lowest BCUT2D eigenvalue weighted by atomic mass is 10.1. The Kier molecular flexibility index (Phi) is 7.51. The maximum absolute atomic E-state index is 12.2. The van der Waals surface area contributed by atoms with Crippen LogP contribution in [0, 0.1) is 0 Å². The zero-order chi connectivity index (χ0) is 8.69. The van der Waals surface area contributed by atoms with E-state index < -0.39 is 11.0 Å². The minimum Gasteiger partial charge on any atom is -0.228 e. The third-order valence-corrected chi connectivity index (χ3v) is 2.48. The Balaban J connectivity index is 3.10. The largest absolute Gasteiger partial charge is 0.228 e. The Bertz CT molecular complexity index is 86.2. The van der Waals surface area contributed by atoms with E-state index in [2.05, 4.69) is 6.92 Å². The molecule has 0 N–H and O–H groups in total. The van der Waals surface area contributed by atoms with E-state index in [0.717, 1.165) is 12.8 Å². The smallest absolute Gasteiger partial charge is 0.189 e. The highest BCUT2D eigenvalue weighted by Gasteiger charge is 2.13. The molecule has 0 aliphatic heterocycles.